The summed E-state index contributed by atoms with van der Waals surface area (Å²) in [6, 6.07) is 9.60. The largest absolute Gasteiger partial charge is 0.333 e. The first-order valence-corrected chi connectivity index (χ1v) is 6.87. The van der Waals surface area contributed by atoms with Gasteiger partial charge in [0.05, 0.1) is 11.5 Å². The Balaban J connectivity index is 1.87. The van der Waals surface area contributed by atoms with Gasteiger partial charge in [-0.25, -0.2) is 0 Å². The molecule has 1 aromatic rings. The van der Waals surface area contributed by atoms with Crippen molar-refractivity contribution in [3.8, 4) is 0 Å². The molecule has 1 heterocycles. The normalized spacial score (nSPS) is 26.3. The van der Waals surface area contributed by atoms with Crippen molar-refractivity contribution >= 4 is 5.91 Å². The second-order valence-electron chi connectivity index (χ2n) is 5.68. The van der Waals surface area contributed by atoms with E-state index in [1.807, 2.05) is 42.2 Å². The molecule has 1 amide bonds. The number of hydrogen-bond acceptors (Lipinski definition) is 3. The molecule has 0 aromatic heterocycles. The summed E-state index contributed by atoms with van der Waals surface area (Å²) in [6.07, 6.45) is 2.67. The molecule has 100 valence electrons. The SMILES string of the molecule is CC(c1ccccc1)N1CC(N=O)C2(CCC2)C1=O. The molecule has 2 unspecified atom stereocenters. The lowest BCUT2D eigenvalue weighted by atomic mass is 9.65. The molecule has 1 aliphatic carbocycles. The van der Waals surface area contributed by atoms with Gasteiger partial charge in [0.2, 0.25) is 5.91 Å². The van der Waals surface area contributed by atoms with Crippen molar-refractivity contribution < 1.29 is 4.79 Å². The third kappa shape index (κ3) is 1.70. The highest BCUT2D eigenvalue weighted by Gasteiger charge is 2.59. The van der Waals surface area contributed by atoms with Gasteiger partial charge in [-0.1, -0.05) is 41.9 Å². The number of rotatable bonds is 3. The van der Waals surface area contributed by atoms with Gasteiger partial charge in [-0.2, -0.15) is 4.91 Å². The van der Waals surface area contributed by atoms with E-state index in [1.165, 1.54) is 0 Å². The molecule has 4 heteroatoms. The van der Waals surface area contributed by atoms with E-state index in [1.54, 1.807) is 0 Å². The van der Waals surface area contributed by atoms with E-state index >= 15 is 0 Å². The minimum Gasteiger partial charge on any atom is -0.333 e. The highest BCUT2D eigenvalue weighted by molar-refractivity contribution is 5.87. The molecule has 19 heavy (non-hydrogen) atoms. The van der Waals surface area contributed by atoms with Crippen LogP contribution in [0.15, 0.2) is 35.5 Å². The van der Waals surface area contributed by atoms with Crippen LogP contribution in [0.5, 0.6) is 0 Å². The first-order chi connectivity index (χ1) is 9.19. The lowest BCUT2D eigenvalue weighted by Crippen LogP contribution is -2.44. The van der Waals surface area contributed by atoms with E-state index in [4.69, 9.17) is 0 Å². The second-order valence-corrected chi connectivity index (χ2v) is 5.68. The molecular weight excluding hydrogens is 240 g/mol. The predicted octanol–water partition coefficient (Wildman–Crippen LogP) is 2.90. The summed E-state index contributed by atoms with van der Waals surface area (Å²) < 4.78 is 0. The number of amides is 1. The summed E-state index contributed by atoms with van der Waals surface area (Å²) >= 11 is 0. The lowest BCUT2D eigenvalue weighted by molar-refractivity contribution is -0.142. The van der Waals surface area contributed by atoms with Crippen molar-refractivity contribution in [3.63, 3.8) is 0 Å². The third-order valence-electron chi connectivity index (χ3n) is 4.82. The Morgan fingerprint density at radius 2 is 2.00 bits per heavy atom. The molecule has 2 aliphatic rings. The molecule has 4 nitrogen and oxygen atoms in total. The van der Waals surface area contributed by atoms with E-state index < -0.39 is 5.41 Å². The Labute approximate surface area is 112 Å². The third-order valence-corrected chi connectivity index (χ3v) is 4.82. The Hall–Kier alpha value is -1.71. The quantitative estimate of drug-likeness (QED) is 0.783. The molecule has 2 fully saturated rings. The van der Waals surface area contributed by atoms with E-state index in [-0.39, 0.29) is 18.0 Å². The zero-order chi connectivity index (χ0) is 13.5. The van der Waals surface area contributed by atoms with Gasteiger partial charge in [0.15, 0.2) is 0 Å². The van der Waals surface area contributed by atoms with Crippen LogP contribution in [-0.2, 0) is 4.79 Å². The number of nitrogens with zero attached hydrogens (tertiary/aromatic N) is 2. The van der Waals surface area contributed by atoms with Gasteiger partial charge in [-0.15, -0.1) is 0 Å². The van der Waals surface area contributed by atoms with E-state index in [0.29, 0.717) is 6.54 Å². The Morgan fingerprint density at radius 1 is 1.32 bits per heavy atom. The molecule has 1 aromatic carbocycles. The summed E-state index contributed by atoms with van der Waals surface area (Å²) in [6.45, 7) is 2.49. The summed E-state index contributed by atoms with van der Waals surface area (Å²) in [4.78, 5) is 25.5. The minimum absolute atomic E-state index is 0.0120. The number of nitroso groups, excluding NO2 is 1. The maximum absolute atomic E-state index is 12.6. The monoisotopic (exact) mass is 258 g/mol. The van der Waals surface area contributed by atoms with Crippen molar-refractivity contribution in [1.82, 2.24) is 4.90 Å². The zero-order valence-electron chi connectivity index (χ0n) is 11.1. The molecule has 1 saturated carbocycles. The van der Waals surface area contributed by atoms with E-state index in [0.717, 1.165) is 24.8 Å². The van der Waals surface area contributed by atoms with Crippen LogP contribution < -0.4 is 0 Å². The summed E-state index contributed by atoms with van der Waals surface area (Å²) in [5, 5.41) is 3.23. The van der Waals surface area contributed by atoms with Gasteiger partial charge in [-0.05, 0) is 25.3 Å². The fourth-order valence-electron chi connectivity index (χ4n) is 3.36. The average Bonchev–Trinajstić information content (AvgIpc) is 2.71. The fraction of sp³-hybridized carbons (Fsp3) is 0.533. The van der Waals surface area contributed by atoms with Crippen LogP contribution in [0.25, 0.3) is 0 Å². The Bertz CT molecular complexity index is 496. The first-order valence-electron chi connectivity index (χ1n) is 6.87. The van der Waals surface area contributed by atoms with Crippen LogP contribution in [-0.4, -0.2) is 23.4 Å². The Morgan fingerprint density at radius 3 is 2.47 bits per heavy atom. The molecule has 1 spiro atoms. The summed E-state index contributed by atoms with van der Waals surface area (Å²) in [5.74, 6) is 0.125. The van der Waals surface area contributed by atoms with Crippen molar-refractivity contribution in [2.24, 2.45) is 10.6 Å². The number of hydrogen-bond donors (Lipinski definition) is 0. The number of likely N-dealkylation sites (tertiary alicyclic amines) is 1. The minimum atomic E-state index is -0.467. The van der Waals surface area contributed by atoms with Crippen molar-refractivity contribution in [2.45, 2.75) is 38.3 Å². The highest BCUT2D eigenvalue weighted by Crippen LogP contribution is 2.51. The summed E-state index contributed by atoms with van der Waals surface area (Å²) in [7, 11) is 0. The number of carbonyl (C=O) groups is 1. The zero-order valence-corrected chi connectivity index (χ0v) is 11.1. The molecule has 2 atom stereocenters. The number of benzene rings is 1. The van der Waals surface area contributed by atoms with E-state index in [2.05, 4.69) is 5.18 Å². The maximum atomic E-state index is 12.6. The average molecular weight is 258 g/mol. The van der Waals surface area contributed by atoms with Gasteiger partial charge in [0.1, 0.15) is 6.04 Å². The van der Waals surface area contributed by atoms with Crippen molar-refractivity contribution in [2.75, 3.05) is 6.54 Å². The fourth-order valence-corrected chi connectivity index (χ4v) is 3.36. The highest BCUT2D eigenvalue weighted by atomic mass is 16.3. The van der Waals surface area contributed by atoms with Crippen LogP contribution in [0, 0.1) is 10.3 Å². The van der Waals surface area contributed by atoms with Crippen LogP contribution in [0.4, 0.5) is 0 Å². The van der Waals surface area contributed by atoms with Crippen molar-refractivity contribution in [3.05, 3.63) is 40.8 Å². The first kappa shape index (κ1) is 12.3. The number of carbonyl (C=O) groups excluding carboxylic acids is 1. The van der Waals surface area contributed by atoms with Gasteiger partial charge in [-0.3, -0.25) is 4.79 Å². The van der Waals surface area contributed by atoms with Gasteiger partial charge in [0, 0.05) is 6.54 Å². The Kier molecular flexibility index (Phi) is 2.88. The lowest BCUT2D eigenvalue weighted by Gasteiger charge is -2.38. The molecular formula is C15H18N2O2. The van der Waals surface area contributed by atoms with E-state index in [9.17, 15) is 9.70 Å². The molecule has 1 saturated heterocycles. The van der Waals surface area contributed by atoms with Gasteiger partial charge >= 0.3 is 0 Å². The van der Waals surface area contributed by atoms with Crippen LogP contribution in [0.1, 0.15) is 37.8 Å². The molecule has 0 N–H and O–H groups in total. The van der Waals surface area contributed by atoms with Gasteiger partial charge in [0.25, 0.3) is 0 Å². The maximum Gasteiger partial charge on any atom is 0.231 e. The molecule has 0 radical (unpaired) electrons. The molecule has 0 bridgehead atoms. The topological polar surface area (TPSA) is 49.7 Å². The standard InChI is InChI=1S/C15H18N2O2/c1-11(12-6-3-2-4-7-12)17-10-13(16-19)15(14(17)18)8-5-9-15/h2-4,6-7,11,13H,5,8-10H2,1H3. The van der Waals surface area contributed by atoms with Crippen molar-refractivity contribution in [1.29, 1.82) is 0 Å². The van der Waals surface area contributed by atoms with Crippen LogP contribution >= 0.6 is 0 Å². The predicted molar refractivity (Wildman–Crippen MR) is 72.4 cm³/mol. The van der Waals surface area contributed by atoms with Crippen LogP contribution in [0.2, 0.25) is 0 Å². The van der Waals surface area contributed by atoms with Crippen LogP contribution in [0.3, 0.4) is 0 Å². The molecule has 3 rings (SSSR count). The second kappa shape index (κ2) is 4.44. The van der Waals surface area contributed by atoms with Gasteiger partial charge < -0.3 is 4.90 Å². The summed E-state index contributed by atoms with van der Waals surface area (Å²) in [5.41, 5.74) is 0.641. The molecule has 1 aliphatic heterocycles. The smallest absolute Gasteiger partial charge is 0.231 e.